The Kier molecular flexibility index (Phi) is 7.41. The number of benzene rings is 2. The second-order valence-electron chi connectivity index (χ2n) is 7.21. The van der Waals surface area contributed by atoms with E-state index in [4.69, 9.17) is 10.5 Å². The molecule has 2 aromatic carbocycles. The van der Waals surface area contributed by atoms with Gasteiger partial charge in [0.15, 0.2) is 0 Å². The molecule has 2 rings (SSSR count). The molecule has 0 saturated heterocycles. The number of ether oxygens (including phenoxy) is 1. The molecule has 1 atom stereocenters. The van der Waals surface area contributed by atoms with Crippen LogP contribution >= 0.6 is 0 Å². The van der Waals surface area contributed by atoms with Crippen molar-refractivity contribution in [2.75, 3.05) is 0 Å². The number of nitrogens with one attached hydrogen (secondary N) is 1. The molecule has 5 heteroatoms. The van der Waals surface area contributed by atoms with E-state index in [1.165, 1.54) is 6.42 Å². The van der Waals surface area contributed by atoms with Crippen LogP contribution in [-0.2, 0) is 0 Å². The van der Waals surface area contributed by atoms with E-state index in [1.807, 2.05) is 6.92 Å². The van der Waals surface area contributed by atoms with Crippen LogP contribution in [0.2, 0.25) is 0 Å². The molecule has 27 heavy (non-hydrogen) atoms. The number of rotatable bonds is 9. The Hall–Kier alpha value is -2.82. The van der Waals surface area contributed by atoms with Crippen LogP contribution in [-0.4, -0.2) is 17.9 Å². The van der Waals surface area contributed by atoms with E-state index in [0.717, 1.165) is 12.8 Å². The highest BCUT2D eigenvalue weighted by Crippen LogP contribution is 2.22. The van der Waals surface area contributed by atoms with Crippen molar-refractivity contribution < 1.29 is 14.3 Å². The van der Waals surface area contributed by atoms with E-state index < -0.39 is 5.91 Å². The summed E-state index contributed by atoms with van der Waals surface area (Å²) in [6.07, 6.45) is 3.26. The molecule has 0 spiro atoms. The van der Waals surface area contributed by atoms with Crippen molar-refractivity contribution in [3.8, 4) is 11.5 Å². The molecule has 0 heterocycles. The standard InChI is InChI=1S/C22H28N2O3/c1-15(2)5-4-6-16(3)24-22(26)18-9-13-20(14-10-18)27-19-11-7-17(8-12-19)21(23)25/h7-16H,4-6H2,1-3H3,(H2,23,25)(H,24,26). The van der Waals surface area contributed by atoms with Gasteiger partial charge in [-0.05, 0) is 67.8 Å². The molecule has 0 bridgehead atoms. The first-order chi connectivity index (χ1) is 12.8. The van der Waals surface area contributed by atoms with Gasteiger partial charge in [0, 0.05) is 17.2 Å². The topological polar surface area (TPSA) is 81.4 Å². The number of carbonyl (C=O) groups excluding carboxylic acids is 2. The van der Waals surface area contributed by atoms with Crippen LogP contribution in [0.15, 0.2) is 48.5 Å². The van der Waals surface area contributed by atoms with E-state index in [1.54, 1.807) is 48.5 Å². The molecule has 0 aliphatic rings. The number of hydrogen-bond donors (Lipinski definition) is 2. The monoisotopic (exact) mass is 368 g/mol. The van der Waals surface area contributed by atoms with E-state index in [2.05, 4.69) is 19.2 Å². The fourth-order valence-corrected chi connectivity index (χ4v) is 2.71. The van der Waals surface area contributed by atoms with E-state index >= 15 is 0 Å². The summed E-state index contributed by atoms with van der Waals surface area (Å²) in [5.41, 5.74) is 6.24. The molecule has 0 aliphatic heterocycles. The molecule has 0 aliphatic carbocycles. The van der Waals surface area contributed by atoms with Crippen molar-refractivity contribution in [3.05, 3.63) is 59.7 Å². The van der Waals surface area contributed by atoms with Crippen LogP contribution in [0.3, 0.4) is 0 Å². The molecule has 144 valence electrons. The van der Waals surface area contributed by atoms with Gasteiger partial charge < -0.3 is 15.8 Å². The Morgan fingerprint density at radius 2 is 1.41 bits per heavy atom. The van der Waals surface area contributed by atoms with Crippen LogP contribution in [0.5, 0.6) is 11.5 Å². The number of nitrogens with two attached hydrogens (primary N) is 1. The highest BCUT2D eigenvalue weighted by atomic mass is 16.5. The molecule has 3 N–H and O–H groups in total. The lowest BCUT2D eigenvalue weighted by Gasteiger charge is -2.15. The van der Waals surface area contributed by atoms with Crippen LogP contribution in [0.1, 0.15) is 60.7 Å². The second-order valence-corrected chi connectivity index (χ2v) is 7.21. The Bertz CT molecular complexity index is 752. The highest BCUT2D eigenvalue weighted by molar-refractivity contribution is 5.94. The molecule has 0 aromatic heterocycles. The molecular formula is C22H28N2O3. The third-order valence-electron chi connectivity index (χ3n) is 4.29. The summed E-state index contributed by atoms with van der Waals surface area (Å²) in [5.74, 6) is 1.34. The zero-order valence-corrected chi connectivity index (χ0v) is 16.2. The maximum Gasteiger partial charge on any atom is 0.251 e. The second kappa shape index (κ2) is 9.76. The van der Waals surface area contributed by atoms with Gasteiger partial charge in [-0.15, -0.1) is 0 Å². The van der Waals surface area contributed by atoms with Crippen LogP contribution in [0.25, 0.3) is 0 Å². The lowest BCUT2D eigenvalue weighted by atomic mass is 10.0. The normalized spacial score (nSPS) is 11.9. The summed E-state index contributed by atoms with van der Waals surface area (Å²) in [7, 11) is 0. The third-order valence-corrected chi connectivity index (χ3v) is 4.29. The first-order valence-electron chi connectivity index (χ1n) is 9.34. The number of hydrogen-bond acceptors (Lipinski definition) is 3. The minimum absolute atomic E-state index is 0.0793. The zero-order valence-electron chi connectivity index (χ0n) is 16.2. The van der Waals surface area contributed by atoms with E-state index in [9.17, 15) is 9.59 Å². The summed E-state index contributed by atoms with van der Waals surface area (Å²) in [5, 5.41) is 3.03. The Morgan fingerprint density at radius 3 is 1.89 bits per heavy atom. The highest BCUT2D eigenvalue weighted by Gasteiger charge is 2.10. The summed E-state index contributed by atoms with van der Waals surface area (Å²) in [6, 6.07) is 13.7. The van der Waals surface area contributed by atoms with E-state index in [-0.39, 0.29) is 11.9 Å². The molecule has 0 saturated carbocycles. The van der Waals surface area contributed by atoms with Gasteiger partial charge >= 0.3 is 0 Å². The van der Waals surface area contributed by atoms with E-state index in [0.29, 0.717) is 28.5 Å². The lowest BCUT2D eigenvalue weighted by molar-refractivity contribution is 0.0936. The van der Waals surface area contributed by atoms with Crippen LogP contribution in [0.4, 0.5) is 0 Å². The molecule has 0 radical (unpaired) electrons. The summed E-state index contributed by atoms with van der Waals surface area (Å²) in [4.78, 5) is 23.4. The van der Waals surface area contributed by atoms with Gasteiger partial charge in [0.25, 0.3) is 5.91 Å². The van der Waals surface area contributed by atoms with Gasteiger partial charge in [0.1, 0.15) is 11.5 Å². The van der Waals surface area contributed by atoms with Crippen molar-refractivity contribution in [1.82, 2.24) is 5.32 Å². The Labute approximate surface area is 160 Å². The third kappa shape index (κ3) is 6.77. The van der Waals surface area contributed by atoms with Crippen LogP contribution < -0.4 is 15.8 Å². The van der Waals surface area contributed by atoms with Gasteiger partial charge in [0.05, 0.1) is 0 Å². The largest absolute Gasteiger partial charge is 0.457 e. The van der Waals surface area contributed by atoms with Gasteiger partial charge in [-0.1, -0.05) is 26.7 Å². The summed E-state index contributed by atoms with van der Waals surface area (Å²) < 4.78 is 5.72. The molecule has 1 unspecified atom stereocenters. The summed E-state index contributed by atoms with van der Waals surface area (Å²) >= 11 is 0. The van der Waals surface area contributed by atoms with Gasteiger partial charge in [-0.25, -0.2) is 0 Å². The quantitative estimate of drug-likeness (QED) is 0.682. The molecule has 0 fully saturated rings. The van der Waals surface area contributed by atoms with Crippen molar-refractivity contribution in [3.63, 3.8) is 0 Å². The first-order valence-corrected chi connectivity index (χ1v) is 9.34. The average molecular weight is 368 g/mol. The zero-order chi connectivity index (χ0) is 19.8. The van der Waals surface area contributed by atoms with Gasteiger partial charge in [-0.2, -0.15) is 0 Å². The number of amides is 2. The number of primary amides is 1. The fraction of sp³-hybridized carbons (Fsp3) is 0.364. The predicted octanol–water partition coefficient (Wildman–Crippen LogP) is 4.52. The minimum Gasteiger partial charge on any atom is -0.457 e. The molecule has 2 amide bonds. The first kappa shape index (κ1) is 20.5. The van der Waals surface area contributed by atoms with Crippen LogP contribution in [0, 0.1) is 5.92 Å². The smallest absolute Gasteiger partial charge is 0.251 e. The predicted molar refractivity (Wildman–Crippen MR) is 107 cm³/mol. The Balaban J connectivity index is 1.88. The van der Waals surface area contributed by atoms with Crippen molar-refractivity contribution >= 4 is 11.8 Å². The van der Waals surface area contributed by atoms with Crippen molar-refractivity contribution in [2.24, 2.45) is 11.7 Å². The average Bonchev–Trinajstić information content (AvgIpc) is 2.62. The summed E-state index contributed by atoms with van der Waals surface area (Å²) in [6.45, 7) is 6.45. The minimum atomic E-state index is -0.477. The van der Waals surface area contributed by atoms with Crippen molar-refractivity contribution in [2.45, 2.75) is 46.1 Å². The van der Waals surface area contributed by atoms with Gasteiger partial charge in [-0.3, -0.25) is 9.59 Å². The maximum atomic E-state index is 12.3. The SMILES string of the molecule is CC(C)CCCC(C)NC(=O)c1ccc(Oc2ccc(C(N)=O)cc2)cc1. The Morgan fingerprint density at radius 1 is 0.889 bits per heavy atom. The number of carbonyl (C=O) groups is 2. The molecular weight excluding hydrogens is 340 g/mol. The molecule has 2 aromatic rings. The molecule has 5 nitrogen and oxygen atoms in total. The van der Waals surface area contributed by atoms with Crippen molar-refractivity contribution in [1.29, 1.82) is 0 Å². The maximum absolute atomic E-state index is 12.3. The fourth-order valence-electron chi connectivity index (χ4n) is 2.71. The van der Waals surface area contributed by atoms with Gasteiger partial charge in [0.2, 0.25) is 5.91 Å². The lowest BCUT2D eigenvalue weighted by Crippen LogP contribution is -2.32.